The number of hydrogen-bond donors (Lipinski definition) is 3. The van der Waals surface area contributed by atoms with Crippen molar-refractivity contribution in [1.82, 2.24) is 10.6 Å². The number of carbonyl (C=O) groups excluding carboxylic acids is 1. The Morgan fingerprint density at radius 3 is 2.86 bits per heavy atom. The van der Waals surface area contributed by atoms with Crippen molar-refractivity contribution in [2.24, 2.45) is 5.92 Å². The van der Waals surface area contributed by atoms with Gasteiger partial charge < -0.3 is 20.5 Å². The van der Waals surface area contributed by atoms with E-state index >= 15 is 0 Å². The predicted molar refractivity (Wildman–Crippen MR) is 81.3 cm³/mol. The molecule has 1 aliphatic carbocycles. The van der Waals surface area contributed by atoms with Crippen LogP contribution in [-0.2, 0) is 4.79 Å². The normalized spacial score (nSPS) is 15.5. The van der Waals surface area contributed by atoms with Crippen LogP contribution < -0.4 is 15.4 Å². The van der Waals surface area contributed by atoms with E-state index in [1.54, 1.807) is 0 Å². The smallest absolute Gasteiger partial charge is 0.223 e. The maximum absolute atomic E-state index is 11.4. The number of nitrogens with one attached hydrogen (secondary N) is 2. The molecule has 116 valence electrons. The van der Waals surface area contributed by atoms with E-state index < -0.39 is 6.10 Å². The second kappa shape index (κ2) is 8.00. The number of ether oxygens (including phenoxy) is 1. The largest absolute Gasteiger partial charge is 0.491 e. The summed E-state index contributed by atoms with van der Waals surface area (Å²) in [5.74, 6) is 1.20. The molecule has 5 heteroatoms. The van der Waals surface area contributed by atoms with Crippen LogP contribution in [-0.4, -0.2) is 43.4 Å². The van der Waals surface area contributed by atoms with Gasteiger partial charge >= 0.3 is 0 Å². The molecule has 0 spiro atoms. The van der Waals surface area contributed by atoms with Gasteiger partial charge in [-0.1, -0.05) is 18.2 Å². The third-order valence-corrected chi connectivity index (χ3v) is 3.45. The van der Waals surface area contributed by atoms with Crippen molar-refractivity contribution in [3.05, 3.63) is 29.8 Å². The number of rotatable bonds is 9. The summed E-state index contributed by atoms with van der Waals surface area (Å²) < 4.78 is 5.57. The lowest BCUT2D eigenvalue weighted by molar-refractivity contribution is -0.122. The first-order valence-corrected chi connectivity index (χ1v) is 7.51. The summed E-state index contributed by atoms with van der Waals surface area (Å²) in [4.78, 5) is 11.4. The molecule has 3 N–H and O–H groups in total. The van der Waals surface area contributed by atoms with E-state index in [0.717, 1.165) is 24.2 Å². The average Bonchev–Trinajstić information content (AvgIpc) is 3.30. The summed E-state index contributed by atoms with van der Waals surface area (Å²) in [6.07, 6.45) is 1.48. The standard InChI is InChI=1S/C16H24N2O3/c1-12-4-2-3-5-15(12)21-11-14(19)10-17-8-9-18-16(20)13-6-7-13/h2-5,13-14,17,19H,6-11H2,1H3,(H,18,20). The fourth-order valence-electron chi connectivity index (χ4n) is 2.00. The van der Waals surface area contributed by atoms with E-state index in [4.69, 9.17) is 4.74 Å². The van der Waals surface area contributed by atoms with E-state index in [2.05, 4.69) is 10.6 Å². The fraction of sp³-hybridized carbons (Fsp3) is 0.562. The first kappa shape index (κ1) is 15.8. The quantitative estimate of drug-likeness (QED) is 0.590. The number of aryl methyl sites for hydroxylation is 1. The van der Waals surface area contributed by atoms with Crippen molar-refractivity contribution in [1.29, 1.82) is 0 Å². The first-order valence-electron chi connectivity index (χ1n) is 7.51. The summed E-state index contributed by atoms with van der Waals surface area (Å²) >= 11 is 0. The molecule has 2 rings (SSSR count). The number of hydrogen-bond acceptors (Lipinski definition) is 4. The maximum atomic E-state index is 11.4. The first-order chi connectivity index (χ1) is 10.2. The van der Waals surface area contributed by atoms with Crippen LogP contribution in [0.1, 0.15) is 18.4 Å². The van der Waals surface area contributed by atoms with Crippen LogP contribution in [0, 0.1) is 12.8 Å². The fourth-order valence-corrected chi connectivity index (χ4v) is 2.00. The third kappa shape index (κ3) is 5.73. The molecule has 0 saturated heterocycles. The second-order valence-electron chi connectivity index (χ2n) is 5.50. The van der Waals surface area contributed by atoms with Crippen LogP contribution in [0.5, 0.6) is 5.75 Å². The predicted octanol–water partition coefficient (Wildman–Crippen LogP) is 0.851. The van der Waals surface area contributed by atoms with Gasteiger partial charge in [-0.05, 0) is 31.4 Å². The van der Waals surface area contributed by atoms with Gasteiger partial charge in [-0.25, -0.2) is 0 Å². The van der Waals surface area contributed by atoms with E-state index in [9.17, 15) is 9.90 Å². The Morgan fingerprint density at radius 2 is 2.14 bits per heavy atom. The van der Waals surface area contributed by atoms with Gasteiger partial charge in [-0.2, -0.15) is 0 Å². The molecular weight excluding hydrogens is 268 g/mol. The third-order valence-electron chi connectivity index (χ3n) is 3.45. The van der Waals surface area contributed by atoms with Gasteiger partial charge in [0.1, 0.15) is 18.5 Å². The lowest BCUT2D eigenvalue weighted by atomic mass is 10.2. The highest BCUT2D eigenvalue weighted by molar-refractivity contribution is 5.80. The number of carbonyl (C=O) groups is 1. The minimum atomic E-state index is -0.566. The van der Waals surface area contributed by atoms with Gasteiger partial charge in [0.15, 0.2) is 0 Å². The topological polar surface area (TPSA) is 70.6 Å². The Kier molecular flexibility index (Phi) is 6.02. The minimum absolute atomic E-state index is 0.153. The Balaban J connectivity index is 1.52. The van der Waals surface area contributed by atoms with Crippen LogP contribution >= 0.6 is 0 Å². The molecule has 1 amide bonds. The number of benzene rings is 1. The van der Waals surface area contributed by atoms with Crippen LogP contribution in [0.15, 0.2) is 24.3 Å². The molecule has 0 aromatic heterocycles. The van der Waals surface area contributed by atoms with Crippen LogP contribution in [0.4, 0.5) is 0 Å². The Labute approximate surface area is 125 Å². The number of aliphatic hydroxyl groups excluding tert-OH is 1. The Morgan fingerprint density at radius 1 is 1.38 bits per heavy atom. The van der Waals surface area contributed by atoms with Gasteiger partial charge in [0, 0.05) is 25.6 Å². The maximum Gasteiger partial charge on any atom is 0.223 e. The molecule has 1 fully saturated rings. The number of aliphatic hydroxyl groups is 1. The highest BCUT2D eigenvalue weighted by Gasteiger charge is 2.28. The highest BCUT2D eigenvalue weighted by Crippen LogP contribution is 2.28. The molecule has 21 heavy (non-hydrogen) atoms. The average molecular weight is 292 g/mol. The molecule has 0 heterocycles. The lowest BCUT2D eigenvalue weighted by Gasteiger charge is -2.14. The van der Waals surface area contributed by atoms with Crippen molar-refractivity contribution in [2.75, 3.05) is 26.2 Å². The van der Waals surface area contributed by atoms with Crippen molar-refractivity contribution in [3.63, 3.8) is 0 Å². The molecule has 0 radical (unpaired) electrons. The molecule has 1 aromatic carbocycles. The summed E-state index contributed by atoms with van der Waals surface area (Å²) in [5.41, 5.74) is 1.06. The molecule has 1 saturated carbocycles. The lowest BCUT2D eigenvalue weighted by Crippen LogP contribution is -2.37. The molecule has 1 aromatic rings. The van der Waals surface area contributed by atoms with Crippen molar-refractivity contribution in [3.8, 4) is 5.75 Å². The number of para-hydroxylation sites is 1. The van der Waals surface area contributed by atoms with E-state index in [0.29, 0.717) is 19.6 Å². The zero-order valence-corrected chi connectivity index (χ0v) is 12.5. The van der Waals surface area contributed by atoms with Crippen LogP contribution in [0.3, 0.4) is 0 Å². The summed E-state index contributed by atoms with van der Waals surface area (Å²) in [6.45, 7) is 3.93. The SMILES string of the molecule is Cc1ccccc1OCC(O)CNCCNC(=O)C1CC1. The van der Waals surface area contributed by atoms with E-state index in [1.807, 2.05) is 31.2 Å². The van der Waals surface area contributed by atoms with Crippen molar-refractivity contribution < 1.29 is 14.6 Å². The van der Waals surface area contributed by atoms with Gasteiger partial charge in [0.2, 0.25) is 5.91 Å². The summed E-state index contributed by atoms with van der Waals surface area (Å²) in [5, 5.41) is 15.8. The zero-order valence-electron chi connectivity index (χ0n) is 12.5. The summed E-state index contributed by atoms with van der Waals surface area (Å²) in [6, 6.07) is 7.73. The highest BCUT2D eigenvalue weighted by atomic mass is 16.5. The van der Waals surface area contributed by atoms with Gasteiger partial charge in [0.05, 0.1) is 0 Å². The zero-order chi connectivity index (χ0) is 15.1. The molecule has 1 atom stereocenters. The molecular formula is C16H24N2O3. The van der Waals surface area contributed by atoms with Crippen LogP contribution in [0.25, 0.3) is 0 Å². The molecule has 1 unspecified atom stereocenters. The Bertz CT molecular complexity index is 461. The van der Waals surface area contributed by atoms with E-state index in [1.165, 1.54) is 0 Å². The van der Waals surface area contributed by atoms with Gasteiger partial charge in [-0.3, -0.25) is 4.79 Å². The molecule has 1 aliphatic rings. The Hall–Kier alpha value is -1.59. The van der Waals surface area contributed by atoms with Crippen molar-refractivity contribution in [2.45, 2.75) is 25.9 Å². The van der Waals surface area contributed by atoms with Gasteiger partial charge in [-0.15, -0.1) is 0 Å². The molecule has 5 nitrogen and oxygen atoms in total. The molecule has 0 aliphatic heterocycles. The molecule has 0 bridgehead atoms. The van der Waals surface area contributed by atoms with Crippen LogP contribution in [0.2, 0.25) is 0 Å². The van der Waals surface area contributed by atoms with Crippen molar-refractivity contribution >= 4 is 5.91 Å². The van der Waals surface area contributed by atoms with E-state index in [-0.39, 0.29) is 18.4 Å². The summed E-state index contributed by atoms with van der Waals surface area (Å²) in [7, 11) is 0. The second-order valence-corrected chi connectivity index (χ2v) is 5.50. The van der Waals surface area contributed by atoms with Gasteiger partial charge in [0.25, 0.3) is 0 Å². The minimum Gasteiger partial charge on any atom is -0.491 e. The number of amides is 1. The monoisotopic (exact) mass is 292 g/mol.